The molecule has 1 aliphatic rings. The van der Waals surface area contributed by atoms with E-state index in [9.17, 15) is 0 Å². The standard InChI is InChI=1S/C14H18N4OS/c1-10-16-11(9-20-10)6-7-13-17-14(18-19-13)12-5-3-2-4-8-15-12/h6-7,9,12,15H,2-5,8H2,1H3/b7-6+. The zero-order valence-corrected chi connectivity index (χ0v) is 12.3. The van der Waals surface area contributed by atoms with Crippen molar-refractivity contribution < 1.29 is 4.52 Å². The molecule has 2 aromatic heterocycles. The molecule has 0 aromatic carbocycles. The Morgan fingerprint density at radius 3 is 3.10 bits per heavy atom. The Hall–Kier alpha value is -1.53. The van der Waals surface area contributed by atoms with E-state index in [0.29, 0.717) is 5.89 Å². The fourth-order valence-corrected chi connectivity index (χ4v) is 2.90. The van der Waals surface area contributed by atoms with Gasteiger partial charge in [-0.2, -0.15) is 4.98 Å². The highest BCUT2D eigenvalue weighted by Gasteiger charge is 2.18. The van der Waals surface area contributed by atoms with E-state index in [-0.39, 0.29) is 6.04 Å². The molecule has 0 saturated carbocycles. The van der Waals surface area contributed by atoms with Crippen LogP contribution in [0.1, 0.15) is 54.1 Å². The van der Waals surface area contributed by atoms with Crippen LogP contribution in [0.15, 0.2) is 9.90 Å². The molecule has 3 rings (SSSR count). The van der Waals surface area contributed by atoms with Gasteiger partial charge in [-0.25, -0.2) is 4.98 Å². The molecule has 1 fully saturated rings. The summed E-state index contributed by atoms with van der Waals surface area (Å²) >= 11 is 1.63. The van der Waals surface area contributed by atoms with Crippen molar-refractivity contribution in [2.24, 2.45) is 0 Å². The minimum Gasteiger partial charge on any atom is -0.335 e. The Labute approximate surface area is 122 Å². The normalized spacial score (nSPS) is 20.4. The third-order valence-corrected chi connectivity index (χ3v) is 4.15. The highest BCUT2D eigenvalue weighted by molar-refractivity contribution is 7.09. The molecule has 1 atom stereocenters. The molecule has 5 nitrogen and oxygen atoms in total. The van der Waals surface area contributed by atoms with E-state index in [4.69, 9.17) is 4.52 Å². The monoisotopic (exact) mass is 290 g/mol. The first-order valence-electron chi connectivity index (χ1n) is 6.98. The van der Waals surface area contributed by atoms with Gasteiger partial charge in [-0.05, 0) is 32.4 Å². The van der Waals surface area contributed by atoms with Crippen molar-refractivity contribution in [2.45, 2.75) is 38.6 Å². The van der Waals surface area contributed by atoms with Crippen molar-refractivity contribution in [1.82, 2.24) is 20.4 Å². The van der Waals surface area contributed by atoms with Crippen LogP contribution in [0.25, 0.3) is 12.2 Å². The molecule has 1 N–H and O–H groups in total. The maximum Gasteiger partial charge on any atom is 0.250 e. The van der Waals surface area contributed by atoms with Gasteiger partial charge < -0.3 is 9.84 Å². The molecule has 1 unspecified atom stereocenters. The molecule has 1 saturated heterocycles. The largest absolute Gasteiger partial charge is 0.335 e. The van der Waals surface area contributed by atoms with Crippen LogP contribution >= 0.6 is 11.3 Å². The van der Waals surface area contributed by atoms with Crippen molar-refractivity contribution in [3.63, 3.8) is 0 Å². The number of nitrogens with zero attached hydrogens (tertiary/aromatic N) is 3. The van der Waals surface area contributed by atoms with Gasteiger partial charge >= 0.3 is 0 Å². The second kappa shape index (κ2) is 6.28. The molecule has 3 heterocycles. The maximum absolute atomic E-state index is 5.27. The predicted octanol–water partition coefficient (Wildman–Crippen LogP) is 3.21. The number of thiazole rings is 1. The van der Waals surface area contributed by atoms with E-state index >= 15 is 0 Å². The lowest BCUT2D eigenvalue weighted by atomic mass is 10.1. The van der Waals surface area contributed by atoms with Crippen LogP contribution in [0.4, 0.5) is 0 Å². The summed E-state index contributed by atoms with van der Waals surface area (Å²) in [6, 6.07) is 0.227. The Morgan fingerprint density at radius 2 is 2.25 bits per heavy atom. The summed E-state index contributed by atoms with van der Waals surface area (Å²) in [7, 11) is 0. The smallest absolute Gasteiger partial charge is 0.250 e. The Morgan fingerprint density at radius 1 is 1.30 bits per heavy atom. The average molecular weight is 290 g/mol. The van der Waals surface area contributed by atoms with Gasteiger partial charge in [-0.1, -0.05) is 18.0 Å². The van der Waals surface area contributed by atoms with Crippen LogP contribution in [0, 0.1) is 6.92 Å². The lowest BCUT2D eigenvalue weighted by Crippen LogP contribution is -2.21. The van der Waals surface area contributed by atoms with E-state index in [1.165, 1.54) is 19.3 Å². The van der Waals surface area contributed by atoms with Gasteiger partial charge in [0.25, 0.3) is 5.89 Å². The van der Waals surface area contributed by atoms with E-state index in [1.54, 1.807) is 11.3 Å². The average Bonchev–Trinajstić information content (AvgIpc) is 2.99. The third kappa shape index (κ3) is 3.32. The Kier molecular flexibility index (Phi) is 4.22. The van der Waals surface area contributed by atoms with Crippen molar-refractivity contribution in [1.29, 1.82) is 0 Å². The van der Waals surface area contributed by atoms with Crippen molar-refractivity contribution >= 4 is 23.5 Å². The van der Waals surface area contributed by atoms with Crippen LogP contribution in [-0.4, -0.2) is 21.7 Å². The molecule has 6 heteroatoms. The van der Waals surface area contributed by atoms with Crippen LogP contribution in [0.2, 0.25) is 0 Å². The number of aryl methyl sites for hydroxylation is 1. The summed E-state index contributed by atoms with van der Waals surface area (Å²) in [6.45, 7) is 3.02. The third-order valence-electron chi connectivity index (χ3n) is 3.36. The molecular weight excluding hydrogens is 272 g/mol. The molecule has 0 aliphatic carbocycles. The van der Waals surface area contributed by atoms with Gasteiger partial charge in [0, 0.05) is 11.5 Å². The fourth-order valence-electron chi connectivity index (χ4n) is 2.32. The van der Waals surface area contributed by atoms with Crippen molar-refractivity contribution in [2.75, 3.05) is 6.54 Å². The maximum atomic E-state index is 5.27. The lowest BCUT2D eigenvalue weighted by molar-refractivity contribution is 0.388. The number of hydrogen-bond donors (Lipinski definition) is 1. The lowest BCUT2D eigenvalue weighted by Gasteiger charge is -2.09. The van der Waals surface area contributed by atoms with Gasteiger partial charge in [0.05, 0.1) is 16.7 Å². The zero-order valence-electron chi connectivity index (χ0n) is 11.5. The van der Waals surface area contributed by atoms with Crippen LogP contribution in [-0.2, 0) is 0 Å². The number of hydrogen-bond acceptors (Lipinski definition) is 6. The summed E-state index contributed by atoms with van der Waals surface area (Å²) in [5.41, 5.74) is 0.930. The Bertz CT molecular complexity index is 582. The minimum atomic E-state index is 0.227. The van der Waals surface area contributed by atoms with Gasteiger partial charge in [0.15, 0.2) is 5.82 Å². The molecule has 1 aliphatic heterocycles. The first kappa shape index (κ1) is 13.5. The molecule has 0 bridgehead atoms. The SMILES string of the molecule is Cc1nc(/C=C/c2nc(C3CCCCCN3)no2)cs1. The topological polar surface area (TPSA) is 63.8 Å². The molecular formula is C14H18N4OS. The number of nitrogens with one attached hydrogen (secondary N) is 1. The van der Waals surface area contributed by atoms with E-state index in [2.05, 4.69) is 20.4 Å². The highest BCUT2D eigenvalue weighted by Crippen LogP contribution is 2.20. The molecule has 0 spiro atoms. The van der Waals surface area contributed by atoms with Crippen molar-refractivity contribution in [3.05, 3.63) is 27.8 Å². The first-order valence-corrected chi connectivity index (χ1v) is 7.86. The summed E-state index contributed by atoms with van der Waals surface area (Å²) in [4.78, 5) is 8.81. The molecule has 0 radical (unpaired) electrons. The fraction of sp³-hybridized carbons (Fsp3) is 0.500. The molecule has 2 aromatic rings. The number of aromatic nitrogens is 3. The molecule has 106 valence electrons. The van der Waals surface area contributed by atoms with Gasteiger partial charge in [0.1, 0.15) is 0 Å². The van der Waals surface area contributed by atoms with Gasteiger partial charge in [-0.15, -0.1) is 11.3 Å². The first-order chi connectivity index (χ1) is 9.81. The van der Waals surface area contributed by atoms with Crippen LogP contribution < -0.4 is 5.32 Å². The summed E-state index contributed by atoms with van der Waals surface area (Å²) < 4.78 is 5.27. The van der Waals surface area contributed by atoms with E-state index in [1.807, 2.05) is 24.5 Å². The van der Waals surface area contributed by atoms with Crippen LogP contribution in [0.5, 0.6) is 0 Å². The zero-order chi connectivity index (χ0) is 13.8. The van der Waals surface area contributed by atoms with Gasteiger partial charge in [-0.3, -0.25) is 0 Å². The predicted molar refractivity (Wildman–Crippen MR) is 79.3 cm³/mol. The molecule has 20 heavy (non-hydrogen) atoms. The Balaban J connectivity index is 1.68. The molecule has 0 amide bonds. The van der Waals surface area contributed by atoms with Crippen LogP contribution in [0.3, 0.4) is 0 Å². The number of rotatable bonds is 3. The van der Waals surface area contributed by atoms with E-state index < -0.39 is 0 Å². The van der Waals surface area contributed by atoms with E-state index in [0.717, 1.165) is 29.5 Å². The summed E-state index contributed by atoms with van der Waals surface area (Å²) in [6.07, 6.45) is 8.52. The second-order valence-corrected chi connectivity index (χ2v) is 6.03. The minimum absolute atomic E-state index is 0.227. The van der Waals surface area contributed by atoms with Gasteiger partial charge in [0.2, 0.25) is 0 Å². The second-order valence-electron chi connectivity index (χ2n) is 4.97. The highest BCUT2D eigenvalue weighted by atomic mass is 32.1. The quantitative estimate of drug-likeness (QED) is 0.940. The summed E-state index contributed by atoms with van der Waals surface area (Å²) in [5.74, 6) is 1.30. The summed E-state index contributed by atoms with van der Waals surface area (Å²) in [5, 5.41) is 10.6. The van der Waals surface area contributed by atoms with Crippen molar-refractivity contribution in [3.8, 4) is 0 Å².